The first kappa shape index (κ1) is 12.3. The van der Waals surface area contributed by atoms with Crippen molar-refractivity contribution in [2.75, 3.05) is 0 Å². The first-order valence-corrected chi connectivity index (χ1v) is 5.87. The summed E-state index contributed by atoms with van der Waals surface area (Å²) in [7, 11) is 0. The second-order valence-electron chi connectivity index (χ2n) is 4.72. The molecular formula is C14H23N. The molecule has 0 amide bonds. The summed E-state index contributed by atoms with van der Waals surface area (Å²) in [6, 6.07) is 6.73. The van der Waals surface area contributed by atoms with Gasteiger partial charge in [-0.15, -0.1) is 0 Å². The summed E-state index contributed by atoms with van der Waals surface area (Å²) in [4.78, 5) is 0. The molecule has 0 radical (unpaired) electrons. The van der Waals surface area contributed by atoms with Crippen LogP contribution in [0.3, 0.4) is 0 Å². The molecule has 0 heterocycles. The monoisotopic (exact) mass is 205 g/mol. The minimum absolute atomic E-state index is 0.194. The maximum atomic E-state index is 6.24. The molecule has 0 aliphatic carbocycles. The summed E-state index contributed by atoms with van der Waals surface area (Å²) >= 11 is 0. The van der Waals surface area contributed by atoms with E-state index in [1.165, 1.54) is 23.1 Å². The van der Waals surface area contributed by atoms with Gasteiger partial charge in [0.15, 0.2) is 0 Å². The number of nitrogens with two attached hydrogens (primary N) is 1. The van der Waals surface area contributed by atoms with Crippen molar-refractivity contribution in [2.45, 2.75) is 46.6 Å². The predicted octanol–water partition coefficient (Wildman–Crippen LogP) is 3.74. The second kappa shape index (κ2) is 5.32. The van der Waals surface area contributed by atoms with E-state index in [4.69, 9.17) is 5.73 Å². The fraction of sp³-hybridized carbons (Fsp3) is 0.571. The van der Waals surface area contributed by atoms with Gasteiger partial charge in [-0.3, -0.25) is 0 Å². The van der Waals surface area contributed by atoms with Gasteiger partial charge in [-0.25, -0.2) is 0 Å². The predicted molar refractivity (Wildman–Crippen MR) is 66.9 cm³/mol. The van der Waals surface area contributed by atoms with Crippen LogP contribution in [0.2, 0.25) is 0 Å². The molecular weight excluding hydrogens is 182 g/mol. The lowest BCUT2D eigenvalue weighted by Gasteiger charge is -2.18. The summed E-state index contributed by atoms with van der Waals surface area (Å²) < 4.78 is 0. The van der Waals surface area contributed by atoms with Crippen LogP contribution in [0, 0.1) is 19.8 Å². The fourth-order valence-corrected chi connectivity index (χ4v) is 1.89. The van der Waals surface area contributed by atoms with E-state index in [0.717, 1.165) is 6.42 Å². The van der Waals surface area contributed by atoms with E-state index >= 15 is 0 Å². The number of rotatable bonds is 4. The van der Waals surface area contributed by atoms with Crippen LogP contribution in [0.4, 0.5) is 0 Å². The van der Waals surface area contributed by atoms with Gasteiger partial charge in [0.1, 0.15) is 0 Å². The van der Waals surface area contributed by atoms with Crippen LogP contribution in [0.5, 0.6) is 0 Å². The number of aryl methyl sites for hydroxylation is 2. The normalized spacial score (nSPS) is 15.0. The van der Waals surface area contributed by atoms with Gasteiger partial charge in [0.05, 0.1) is 0 Å². The molecule has 0 aliphatic heterocycles. The Hall–Kier alpha value is -0.820. The second-order valence-corrected chi connectivity index (χ2v) is 4.72. The average Bonchev–Trinajstić information content (AvgIpc) is 2.21. The molecule has 1 rings (SSSR count). The molecule has 84 valence electrons. The van der Waals surface area contributed by atoms with Gasteiger partial charge in [-0.1, -0.05) is 44.0 Å². The van der Waals surface area contributed by atoms with Crippen molar-refractivity contribution < 1.29 is 0 Å². The maximum absolute atomic E-state index is 6.24. The van der Waals surface area contributed by atoms with E-state index in [0.29, 0.717) is 5.92 Å². The van der Waals surface area contributed by atoms with Gasteiger partial charge in [0, 0.05) is 6.04 Å². The molecule has 0 saturated carbocycles. The van der Waals surface area contributed by atoms with E-state index < -0.39 is 0 Å². The van der Waals surface area contributed by atoms with E-state index in [2.05, 4.69) is 45.9 Å². The Kier molecular flexibility index (Phi) is 4.34. The van der Waals surface area contributed by atoms with Crippen LogP contribution in [-0.4, -0.2) is 0 Å². The minimum Gasteiger partial charge on any atom is -0.324 e. The third-order valence-corrected chi connectivity index (χ3v) is 3.19. The molecule has 0 aliphatic rings. The topological polar surface area (TPSA) is 26.0 Å². The molecule has 1 heteroatoms. The Morgan fingerprint density at radius 1 is 1.27 bits per heavy atom. The molecule has 1 nitrogen and oxygen atoms in total. The lowest BCUT2D eigenvalue weighted by molar-refractivity contribution is 0.460. The maximum Gasteiger partial charge on any atom is 0.0300 e. The highest BCUT2D eigenvalue weighted by Crippen LogP contribution is 2.24. The van der Waals surface area contributed by atoms with Crippen LogP contribution in [0.25, 0.3) is 0 Å². The Morgan fingerprint density at radius 2 is 1.93 bits per heavy atom. The molecule has 0 spiro atoms. The first-order valence-electron chi connectivity index (χ1n) is 5.87. The summed E-state index contributed by atoms with van der Waals surface area (Å²) in [5, 5.41) is 0. The Labute approximate surface area is 93.7 Å². The first-order chi connectivity index (χ1) is 7.04. The van der Waals surface area contributed by atoms with E-state index in [-0.39, 0.29) is 6.04 Å². The Morgan fingerprint density at radius 3 is 2.53 bits per heavy atom. The summed E-state index contributed by atoms with van der Waals surface area (Å²) in [5.74, 6) is 0.708. The number of benzene rings is 1. The molecule has 1 aromatic rings. The standard InChI is InChI=1S/C14H23N/c1-5-10(2)9-14(15)13-8-11(3)6-7-12(13)4/h6-8,10,14H,5,9,15H2,1-4H3. The number of hydrogen-bond acceptors (Lipinski definition) is 1. The van der Waals surface area contributed by atoms with Gasteiger partial charge < -0.3 is 5.73 Å². The van der Waals surface area contributed by atoms with Crippen molar-refractivity contribution in [3.63, 3.8) is 0 Å². The zero-order valence-corrected chi connectivity index (χ0v) is 10.4. The zero-order valence-electron chi connectivity index (χ0n) is 10.4. The van der Waals surface area contributed by atoms with Crippen molar-refractivity contribution in [3.8, 4) is 0 Å². The highest BCUT2D eigenvalue weighted by molar-refractivity contribution is 5.32. The van der Waals surface area contributed by atoms with E-state index in [1.54, 1.807) is 0 Å². The van der Waals surface area contributed by atoms with Crippen LogP contribution in [0.15, 0.2) is 18.2 Å². The Balaban J connectivity index is 2.80. The van der Waals surface area contributed by atoms with Crippen LogP contribution >= 0.6 is 0 Å². The van der Waals surface area contributed by atoms with Crippen LogP contribution in [0.1, 0.15) is 49.4 Å². The molecule has 0 saturated heterocycles. The largest absolute Gasteiger partial charge is 0.324 e. The number of hydrogen-bond donors (Lipinski definition) is 1. The third kappa shape index (κ3) is 3.35. The summed E-state index contributed by atoms with van der Waals surface area (Å²) in [6.07, 6.45) is 2.29. The highest BCUT2D eigenvalue weighted by Gasteiger charge is 2.12. The van der Waals surface area contributed by atoms with Crippen molar-refractivity contribution in [3.05, 3.63) is 34.9 Å². The van der Waals surface area contributed by atoms with Crippen molar-refractivity contribution in [2.24, 2.45) is 11.7 Å². The van der Waals surface area contributed by atoms with Crippen LogP contribution < -0.4 is 5.73 Å². The molecule has 15 heavy (non-hydrogen) atoms. The van der Waals surface area contributed by atoms with Crippen molar-refractivity contribution in [1.82, 2.24) is 0 Å². The van der Waals surface area contributed by atoms with E-state index in [1.807, 2.05) is 0 Å². The molecule has 2 N–H and O–H groups in total. The fourth-order valence-electron chi connectivity index (χ4n) is 1.89. The van der Waals surface area contributed by atoms with Gasteiger partial charge in [0.25, 0.3) is 0 Å². The molecule has 2 unspecified atom stereocenters. The minimum atomic E-state index is 0.194. The molecule has 0 bridgehead atoms. The zero-order chi connectivity index (χ0) is 11.4. The lowest BCUT2D eigenvalue weighted by Crippen LogP contribution is -2.15. The summed E-state index contributed by atoms with van der Waals surface area (Å²) in [5.41, 5.74) is 10.2. The van der Waals surface area contributed by atoms with Gasteiger partial charge in [0.2, 0.25) is 0 Å². The van der Waals surface area contributed by atoms with Gasteiger partial charge in [-0.2, -0.15) is 0 Å². The van der Waals surface area contributed by atoms with Crippen molar-refractivity contribution >= 4 is 0 Å². The van der Waals surface area contributed by atoms with Crippen molar-refractivity contribution in [1.29, 1.82) is 0 Å². The average molecular weight is 205 g/mol. The van der Waals surface area contributed by atoms with Gasteiger partial charge in [-0.05, 0) is 37.3 Å². The molecule has 0 fully saturated rings. The molecule has 0 aromatic heterocycles. The third-order valence-electron chi connectivity index (χ3n) is 3.19. The highest BCUT2D eigenvalue weighted by atomic mass is 14.6. The molecule has 2 atom stereocenters. The van der Waals surface area contributed by atoms with Gasteiger partial charge >= 0.3 is 0 Å². The van der Waals surface area contributed by atoms with E-state index in [9.17, 15) is 0 Å². The lowest BCUT2D eigenvalue weighted by atomic mass is 9.91. The quantitative estimate of drug-likeness (QED) is 0.796. The van der Waals surface area contributed by atoms with Crippen LogP contribution in [-0.2, 0) is 0 Å². The smallest absolute Gasteiger partial charge is 0.0300 e. The molecule has 1 aromatic carbocycles. The Bertz CT molecular complexity index is 317. The summed E-state index contributed by atoms with van der Waals surface area (Å²) in [6.45, 7) is 8.76. The SMILES string of the molecule is CCC(C)CC(N)c1cc(C)ccc1C.